The number of ether oxygens (including phenoxy) is 1. The van der Waals surface area contributed by atoms with Gasteiger partial charge in [-0.3, -0.25) is 4.90 Å². The predicted molar refractivity (Wildman–Crippen MR) is 75.9 cm³/mol. The summed E-state index contributed by atoms with van der Waals surface area (Å²) in [5.74, 6) is 0.647. The Balaban J connectivity index is 2.37. The zero-order valence-electron chi connectivity index (χ0n) is 10.1. The summed E-state index contributed by atoms with van der Waals surface area (Å²) < 4.78 is 43.3. The zero-order valence-corrected chi connectivity index (χ0v) is 13.3. The Morgan fingerprint density at radius 1 is 1.11 bits per heavy atom. The van der Waals surface area contributed by atoms with E-state index < -0.39 is 12.7 Å². The van der Waals surface area contributed by atoms with Crippen LogP contribution in [-0.4, -0.2) is 42.6 Å². The number of hydrogen-bond acceptors (Lipinski definition) is 2. The minimum atomic E-state index is -4.18. The van der Waals surface area contributed by atoms with Gasteiger partial charge in [-0.25, -0.2) is 0 Å². The molecule has 19 heavy (non-hydrogen) atoms. The molecule has 0 atom stereocenters. The first-order valence-electron chi connectivity index (χ1n) is 5.64. The Labute approximate surface area is 127 Å². The van der Waals surface area contributed by atoms with Crippen molar-refractivity contribution in [3.8, 4) is 5.75 Å². The fourth-order valence-corrected chi connectivity index (χ4v) is 2.23. The summed E-state index contributed by atoms with van der Waals surface area (Å²) in [5.41, 5.74) is 0. The summed E-state index contributed by atoms with van der Waals surface area (Å²) in [7, 11) is 0. The summed E-state index contributed by atoms with van der Waals surface area (Å²) >= 11 is 6.44. The molecule has 1 aromatic carbocycles. The van der Waals surface area contributed by atoms with Crippen LogP contribution in [0.2, 0.25) is 0 Å². The number of alkyl halides is 4. The van der Waals surface area contributed by atoms with E-state index in [-0.39, 0.29) is 13.2 Å². The van der Waals surface area contributed by atoms with Gasteiger partial charge < -0.3 is 4.74 Å². The molecule has 0 aromatic heterocycles. The fourth-order valence-electron chi connectivity index (χ4n) is 1.47. The van der Waals surface area contributed by atoms with Gasteiger partial charge in [-0.1, -0.05) is 31.9 Å². The number of rotatable bonds is 7. The maximum Gasteiger partial charge on any atom is 0.401 e. The molecule has 0 spiro atoms. The third-order valence-electron chi connectivity index (χ3n) is 2.29. The first kappa shape index (κ1) is 16.8. The maximum atomic E-state index is 12.3. The molecule has 2 nitrogen and oxygen atoms in total. The van der Waals surface area contributed by atoms with Gasteiger partial charge in [-0.05, 0) is 24.3 Å². The predicted octanol–water partition coefficient (Wildman–Crippen LogP) is 4.09. The lowest BCUT2D eigenvalue weighted by atomic mass is 10.3. The van der Waals surface area contributed by atoms with Crippen LogP contribution in [-0.2, 0) is 0 Å². The van der Waals surface area contributed by atoms with Crippen LogP contribution in [0.3, 0.4) is 0 Å². The number of hydrogen-bond donors (Lipinski definition) is 0. The highest BCUT2D eigenvalue weighted by Crippen LogP contribution is 2.18. The molecule has 0 fully saturated rings. The molecular formula is C12H14Br2F3NO. The largest absolute Gasteiger partial charge is 0.492 e. The van der Waals surface area contributed by atoms with Crippen molar-refractivity contribution in [3.05, 3.63) is 28.7 Å². The second-order valence-corrected chi connectivity index (χ2v) is 5.59. The average molecular weight is 405 g/mol. The fraction of sp³-hybridized carbons (Fsp3) is 0.500. The van der Waals surface area contributed by atoms with Crippen LogP contribution in [0.1, 0.15) is 0 Å². The van der Waals surface area contributed by atoms with Crippen LogP contribution in [0.5, 0.6) is 5.75 Å². The molecule has 0 bridgehead atoms. The summed E-state index contributed by atoms with van der Waals surface area (Å²) in [4.78, 5) is 1.31. The van der Waals surface area contributed by atoms with Gasteiger partial charge in [0.1, 0.15) is 12.4 Å². The van der Waals surface area contributed by atoms with Crippen LogP contribution in [0.25, 0.3) is 0 Å². The van der Waals surface area contributed by atoms with Crippen LogP contribution < -0.4 is 4.74 Å². The maximum absolute atomic E-state index is 12.3. The Bertz CT molecular complexity index is 370. The quantitative estimate of drug-likeness (QED) is 0.634. The van der Waals surface area contributed by atoms with Crippen molar-refractivity contribution >= 4 is 31.9 Å². The van der Waals surface area contributed by atoms with E-state index in [1.807, 2.05) is 12.1 Å². The van der Waals surface area contributed by atoms with Crippen molar-refractivity contribution in [2.24, 2.45) is 0 Å². The van der Waals surface area contributed by atoms with Crippen molar-refractivity contribution in [3.63, 3.8) is 0 Å². The Morgan fingerprint density at radius 3 is 2.26 bits per heavy atom. The molecule has 0 radical (unpaired) electrons. The summed E-state index contributed by atoms with van der Waals surface area (Å²) in [6.07, 6.45) is -4.18. The van der Waals surface area contributed by atoms with Gasteiger partial charge in [0.25, 0.3) is 0 Å². The highest BCUT2D eigenvalue weighted by molar-refractivity contribution is 9.10. The molecule has 0 N–H and O–H groups in total. The SMILES string of the molecule is FC(F)(F)CN(CCBr)CCOc1ccc(Br)cc1. The summed E-state index contributed by atoms with van der Waals surface area (Å²) in [6, 6.07) is 7.17. The van der Waals surface area contributed by atoms with E-state index in [0.29, 0.717) is 17.6 Å². The zero-order chi connectivity index (χ0) is 14.3. The van der Waals surface area contributed by atoms with E-state index in [2.05, 4.69) is 31.9 Å². The molecule has 0 amide bonds. The molecule has 0 aliphatic carbocycles. The third kappa shape index (κ3) is 7.79. The van der Waals surface area contributed by atoms with Crippen LogP contribution in [0, 0.1) is 0 Å². The average Bonchev–Trinajstić information content (AvgIpc) is 2.30. The van der Waals surface area contributed by atoms with Crippen molar-refractivity contribution < 1.29 is 17.9 Å². The first-order chi connectivity index (χ1) is 8.90. The molecule has 0 unspecified atom stereocenters. The van der Waals surface area contributed by atoms with Gasteiger partial charge >= 0.3 is 6.18 Å². The Hall–Kier alpha value is -0.270. The minimum absolute atomic E-state index is 0.227. The van der Waals surface area contributed by atoms with Gasteiger partial charge in [-0.2, -0.15) is 13.2 Å². The number of benzene rings is 1. The number of nitrogens with zero attached hydrogens (tertiary/aromatic N) is 1. The third-order valence-corrected chi connectivity index (χ3v) is 3.18. The van der Waals surface area contributed by atoms with E-state index in [1.165, 1.54) is 4.90 Å². The lowest BCUT2D eigenvalue weighted by Crippen LogP contribution is -2.38. The molecule has 0 heterocycles. The van der Waals surface area contributed by atoms with E-state index in [4.69, 9.17) is 4.74 Å². The van der Waals surface area contributed by atoms with Crippen LogP contribution >= 0.6 is 31.9 Å². The molecule has 7 heteroatoms. The molecule has 108 valence electrons. The molecule has 0 aliphatic rings. The summed E-state index contributed by atoms with van der Waals surface area (Å²) in [6.45, 7) is -0.114. The molecule has 1 rings (SSSR count). The van der Waals surface area contributed by atoms with Crippen LogP contribution in [0.15, 0.2) is 28.7 Å². The highest BCUT2D eigenvalue weighted by atomic mass is 79.9. The van der Waals surface area contributed by atoms with Crippen molar-refractivity contribution in [1.29, 1.82) is 0 Å². The number of halogens is 5. The van der Waals surface area contributed by atoms with Gasteiger partial charge in [0.2, 0.25) is 0 Å². The second kappa shape index (κ2) is 8.11. The van der Waals surface area contributed by atoms with E-state index in [0.717, 1.165) is 4.47 Å². The lowest BCUT2D eigenvalue weighted by molar-refractivity contribution is -0.145. The van der Waals surface area contributed by atoms with Gasteiger partial charge in [0.15, 0.2) is 0 Å². The van der Waals surface area contributed by atoms with Gasteiger partial charge in [-0.15, -0.1) is 0 Å². The molecule has 0 aliphatic heterocycles. The van der Waals surface area contributed by atoms with Crippen molar-refractivity contribution in [2.75, 3.05) is 31.6 Å². The van der Waals surface area contributed by atoms with E-state index in [9.17, 15) is 13.2 Å². The van der Waals surface area contributed by atoms with Crippen LogP contribution in [0.4, 0.5) is 13.2 Å². The molecular weight excluding hydrogens is 391 g/mol. The second-order valence-electron chi connectivity index (χ2n) is 3.88. The molecule has 0 saturated heterocycles. The normalized spacial score (nSPS) is 11.9. The van der Waals surface area contributed by atoms with Gasteiger partial charge in [0.05, 0.1) is 6.54 Å². The first-order valence-corrected chi connectivity index (χ1v) is 7.55. The topological polar surface area (TPSA) is 12.5 Å². The van der Waals surface area contributed by atoms with Gasteiger partial charge in [0, 0.05) is 22.9 Å². The molecule has 0 saturated carbocycles. The molecule has 1 aromatic rings. The smallest absolute Gasteiger partial charge is 0.401 e. The minimum Gasteiger partial charge on any atom is -0.492 e. The lowest BCUT2D eigenvalue weighted by Gasteiger charge is -2.22. The highest BCUT2D eigenvalue weighted by Gasteiger charge is 2.30. The monoisotopic (exact) mass is 403 g/mol. The Kier molecular flexibility index (Phi) is 7.17. The Morgan fingerprint density at radius 2 is 1.74 bits per heavy atom. The van der Waals surface area contributed by atoms with Crippen molar-refractivity contribution in [2.45, 2.75) is 6.18 Å². The van der Waals surface area contributed by atoms with Crippen molar-refractivity contribution in [1.82, 2.24) is 4.90 Å². The summed E-state index contributed by atoms with van der Waals surface area (Å²) in [5, 5.41) is 0.501. The van der Waals surface area contributed by atoms with E-state index >= 15 is 0 Å². The van der Waals surface area contributed by atoms with E-state index in [1.54, 1.807) is 12.1 Å². The standard InChI is InChI=1S/C12H14Br2F3NO/c13-5-6-18(9-12(15,16)17)7-8-19-11-3-1-10(14)2-4-11/h1-4H,5-9H2.